The van der Waals surface area contributed by atoms with E-state index in [9.17, 15) is 0 Å². The summed E-state index contributed by atoms with van der Waals surface area (Å²) in [6.07, 6.45) is 5.03. The number of fused-ring (bicyclic) bond motifs is 1. The van der Waals surface area contributed by atoms with Gasteiger partial charge in [0.25, 0.3) is 0 Å². The van der Waals surface area contributed by atoms with Gasteiger partial charge in [0.1, 0.15) is 0 Å². The fraction of sp³-hybridized carbons (Fsp3) is 0.444. The van der Waals surface area contributed by atoms with Crippen LogP contribution in [0.5, 0.6) is 0 Å². The Morgan fingerprint density at radius 1 is 0.727 bits per heavy atom. The van der Waals surface area contributed by atoms with Gasteiger partial charge < -0.3 is 0 Å². The summed E-state index contributed by atoms with van der Waals surface area (Å²) in [5.41, 5.74) is 0. The van der Waals surface area contributed by atoms with Gasteiger partial charge in [0.05, 0.1) is 0 Å². The lowest BCUT2D eigenvalue weighted by Crippen LogP contribution is -1.88. The molecule has 22 heavy (non-hydrogen) atoms. The Labute approximate surface area is 159 Å². The molecule has 0 saturated heterocycles. The minimum atomic E-state index is 1.18. The second kappa shape index (κ2) is 9.61. The number of benzene rings is 2. The van der Waals surface area contributed by atoms with Crippen LogP contribution in [0.1, 0.15) is 39.5 Å². The maximum atomic E-state index is 3.74. The van der Waals surface area contributed by atoms with E-state index in [1.165, 1.54) is 66.7 Å². The van der Waals surface area contributed by atoms with E-state index in [0.717, 1.165) is 0 Å². The highest BCUT2D eigenvalue weighted by Gasteiger charge is 2.12. The van der Waals surface area contributed by atoms with Gasteiger partial charge in [-0.05, 0) is 79.1 Å². The Morgan fingerprint density at radius 3 is 1.50 bits per heavy atom. The third-order valence-corrected chi connectivity index (χ3v) is 7.78. The number of rotatable bonds is 8. The van der Waals surface area contributed by atoms with Crippen molar-refractivity contribution in [1.29, 1.82) is 0 Å². The highest BCUT2D eigenvalue weighted by molar-refractivity contribution is 9.10. The molecule has 0 heterocycles. The lowest BCUT2D eigenvalue weighted by atomic mass is 10.1. The Balaban J connectivity index is 2.39. The first-order chi connectivity index (χ1) is 10.7. The van der Waals surface area contributed by atoms with E-state index in [1.54, 1.807) is 0 Å². The van der Waals surface area contributed by atoms with Crippen LogP contribution in [0.25, 0.3) is 10.8 Å². The Kier molecular flexibility index (Phi) is 8.16. The summed E-state index contributed by atoms with van der Waals surface area (Å²) in [4.78, 5) is 2.77. The first kappa shape index (κ1) is 18.7. The molecule has 0 bridgehead atoms. The van der Waals surface area contributed by atoms with Gasteiger partial charge in [0.15, 0.2) is 0 Å². The van der Waals surface area contributed by atoms with Crippen molar-refractivity contribution in [3.05, 3.63) is 33.2 Å². The number of hydrogen-bond acceptors (Lipinski definition) is 2. The molecule has 0 radical (unpaired) electrons. The van der Waals surface area contributed by atoms with E-state index in [-0.39, 0.29) is 0 Å². The van der Waals surface area contributed by atoms with Crippen molar-refractivity contribution >= 4 is 66.2 Å². The van der Waals surface area contributed by atoms with Gasteiger partial charge in [-0.25, -0.2) is 0 Å². The minimum absolute atomic E-state index is 1.18. The number of halogens is 2. The number of unbranched alkanes of at least 4 members (excludes halogenated alkanes) is 2. The quantitative estimate of drug-likeness (QED) is 0.287. The third kappa shape index (κ3) is 4.68. The average molecular weight is 462 g/mol. The molecule has 0 aliphatic rings. The van der Waals surface area contributed by atoms with E-state index >= 15 is 0 Å². The molecule has 2 aromatic rings. The molecule has 0 aliphatic carbocycles. The van der Waals surface area contributed by atoms with E-state index in [4.69, 9.17) is 0 Å². The van der Waals surface area contributed by atoms with Gasteiger partial charge in [-0.1, -0.05) is 38.8 Å². The molecule has 0 amide bonds. The molecule has 0 spiro atoms. The molecule has 120 valence electrons. The summed E-state index contributed by atoms with van der Waals surface area (Å²) < 4.78 is 2.43. The van der Waals surface area contributed by atoms with Gasteiger partial charge in [0.2, 0.25) is 0 Å². The maximum absolute atomic E-state index is 3.74. The van der Waals surface area contributed by atoms with Crippen molar-refractivity contribution in [2.24, 2.45) is 0 Å². The molecule has 4 heteroatoms. The fourth-order valence-corrected chi connectivity index (χ4v) is 5.96. The molecule has 0 nitrogen and oxygen atoms in total. The van der Waals surface area contributed by atoms with Crippen LogP contribution < -0.4 is 0 Å². The van der Waals surface area contributed by atoms with Crippen molar-refractivity contribution in [2.75, 3.05) is 11.5 Å². The minimum Gasteiger partial charge on any atom is -0.124 e. The van der Waals surface area contributed by atoms with Crippen molar-refractivity contribution in [2.45, 2.75) is 49.3 Å². The fourth-order valence-electron chi connectivity index (χ4n) is 2.23. The molecule has 0 saturated carbocycles. The van der Waals surface area contributed by atoms with Crippen LogP contribution in [0.4, 0.5) is 0 Å². The van der Waals surface area contributed by atoms with Crippen LogP contribution in [-0.2, 0) is 0 Å². The molecule has 0 aromatic heterocycles. The molecule has 0 aliphatic heterocycles. The zero-order chi connectivity index (χ0) is 15.9. The van der Waals surface area contributed by atoms with E-state index in [2.05, 4.69) is 70.0 Å². The molecular weight excluding hydrogens is 440 g/mol. The molecule has 0 atom stereocenters. The van der Waals surface area contributed by atoms with Gasteiger partial charge in [-0.2, -0.15) is 0 Å². The second-order valence-corrected chi connectivity index (χ2v) is 9.17. The molecule has 2 aromatic carbocycles. The molecule has 2 rings (SSSR count). The van der Waals surface area contributed by atoms with Crippen molar-refractivity contribution < 1.29 is 0 Å². The zero-order valence-electron chi connectivity index (χ0n) is 13.1. The summed E-state index contributed by atoms with van der Waals surface area (Å²) >= 11 is 11.4. The Morgan fingerprint density at radius 2 is 1.14 bits per heavy atom. The van der Waals surface area contributed by atoms with Gasteiger partial charge >= 0.3 is 0 Å². The molecule has 0 N–H and O–H groups in total. The topological polar surface area (TPSA) is 0 Å². The normalized spacial score (nSPS) is 11.3. The van der Waals surface area contributed by atoms with Crippen molar-refractivity contribution in [3.8, 4) is 0 Å². The van der Waals surface area contributed by atoms with Crippen LogP contribution in [-0.4, -0.2) is 11.5 Å². The lowest BCUT2D eigenvalue weighted by Gasteiger charge is -2.13. The SMILES string of the molecule is CCCCSc1c(Br)ccc2c(SCCCC)c(Br)ccc12. The predicted molar refractivity (Wildman–Crippen MR) is 111 cm³/mol. The van der Waals surface area contributed by atoms with Gasteiger partial charge in [-0.15, -0.1) is 23.5 Å². The first-order valence-electron chi connectivity index (χ1n) is 7.85. The summed E-state index contributed by atoms with van der Waals surface area (Å²) in [5, 5.41) is 2.75. The van der Waals surface area contributed by atoms with Crippen LogP contribution in [0.15, 0.2) is 43.0 Å². The van der Waals surface area contributed by atoms with E-state index < -0.39 is 0 Å². The first-order valence-corrected chi connectivity index (χ1v) is 11.4. The smallest absolute Gasteiger partial charge is 0.0317 e. The lowest BCUT2D eigenvalue weighted by molar-refractivity contribution is 0.896. The average Bonchev–Trinajstić information content (AvgIpc) is 2.52. The summed E-state index contributed by atoms with van der Waals surface area (Å²) in [5.74, 6) is 2.37. The van der Waals surface area contributed by atoms with Crippen molar-refractivity contribution in [3.63, 3.8) is 0 Å². The number of hydrogen-bond donors (Lipinski definition) is 0. The molecule has 0 fully saturated rings. The van der Waals surface area contributed by atoms with Crippen LogP contribution in [0, 0.1) is 0 Å². The van der Waals surface area contributed by atoms with Crippen LogP contribution >= 0.6 is 55.4 Å². The molecule has 0 unspecified atom stereocenters. The predicted octanol–water partition coefficient (Wildman–Crippen LogP) is 8.15. The van der Waals surface area contributed by atoms with Gasteiger partial charge in [0, 0.05) is 18.7 Å². The standard InChI is InChI=1S/C18H22Br2S2/c1-3-5-11-21-17-13-7-10-16(20)18(22-12-6-4-2)14(13)8-9-15(17)19/h7-10H,3-6,11-12H2,1-2H3. The van der Waals surface area contributed by atoms with E-state index in [1.807, 2.05) is 23.5 Å². The third-order valence-electron chi connectivity index (χ3n) is 3.49. The molecular formula is C18H22Br2S2. The Bertz CT molecular complexity index is 571. The monoisotopic (exact) mass is 460 g/mol. The Hall–Kier alpha value is 0.360. The highest BCUT2D eigenvalue weighted by atomic mass is 79.9. The zero-order valence-corrected chi connectivity index (χ0v) is 17.9. The van der Waals surface area contributed by atoms with E-state index in [0.29, 0.717) is 0 Å². The maximum Gasteiger partial charge on any atom is 0.0317 e. The summed E-state index contributed by atoms with van der Waals surface area (Å²) in [6.45, 7) is 4.50. The van der Waals surface area contributed by atoms with Gasteiger partial charge in [-0.3, -0.25) is 0 Å². The highest BCUT2D eigenvalue weighted by Crippen LogP contribution is 2.41. The largest absolute Gasteiger partial charge is 0.124 e. The van der Waals surface area contributed by atoms with Crippen LogP contribution in [0.3, 0.4) is 0 Å². The summed E-state index contributed by atoms with van der Waals surface area (Å²) in [7, 11) is 0. The van der Waals surface area contributed by atoms with Crippen molar-refractivity contribution in [1.82, 2.24) is 0 Å². The number of thioether (sulfide) groups is 2. The van der Waals surface area contributed by atoms with Crippen LogP contribution in [0.2, 0.25) is 0 Å². The second-order valence-electron chi connectivity index (χ2n) is 5.25. The summed E-state index contributed by atoms with van der Waals surface area (Å²) in [6, 6.07) is 8.91.